The molecular weight excluding hydrogens is 294 g/mol. The molecule has 0 radical (unpaired) electrons. The maximum atomic E-state index is 5.24. The first-order valence-corrected chi connectivity index (χ1v) is 8.06. The molecule has 3 heterocycles. The van der Waals surface area contributed by atoms with Crippen molar-refractivity contribution in [2.45, 2.75) is 24.9 Å². The van der Waals surface area contributed by atoms with Gasteiger partial charge in [0.1, 0.15) is 5.82 Å². The minimum absolute atomic E-state index is 0.673. The van der Waals surface area contributed by atoms with Crippen molar-refractivity contribution in [3.05, 3.63) is 29.2 Å². The molecule has 3 aromatic rings. The summed E-state index contributed by atoms with van der Waals surface area (Å²) >= 11 is 3.23. The van der Waals surface area contributed by atoms with Crippen molar-refractivity contribution < 1.29 is 4.52 Å². The molecule has 0 amide bonds. The molecule has 0 saturated carbocycles. The number of aromatic amines is 1. The summed E-state index contributed by atoms with van der Waals surface area (Å²) in [5.74, 6) is 3.12. The maximum Gasteiger partial charge on any atom is 0.227 e. The van der Waals surface area contributed by atoms with Crippen molar-refractivity contribution in [2.24, 2.45) is 0 Å². The highest BCUT2D eigenvalue weighted by Crippen LogP contribution is 2.22. The van der Waals surface area contributed by atoms with Gasteiger partial charge in [0.2, 0.25) is 16.9 Å². The number of thiophene rings is 1. The molecule has 0 saturated heterocycles. The van der Waals surface area contributed by atoms with Crippen LogP contribution in [0, 0.1) is 6.92 Å². The SMILES string of the molecule is Cc1nc(SCCCc2nc(-c3cccs3)no2)n[nH]1. The Labute approximate surface area is 124 Å². The van der Waals surface area contributed by atoms with E-state index in [0.29, 0.717) is 11.7 Å². The molecular formula is C12H13N5OS2. The number of H-pyrrole nitrogens is 1. The smallest absolute Gasteiger partial charge is 0.227 e. The average Bonchev–Trinajstić information content (AvgIpc) is 3.16. The molecule has 0 aliphatic rings. The van der Waals surface area contributed by atoms with E-state index in [9.17, 15) is 0 Å². The summed E-state index contributed by atoms with van der Waals surface area (Å²) in [6.45, 7) is 1.89. The molecule has 0 bridgehead atoms. The summed E-state index contributed by atoms with van der Waals surface area (Å²) in [6, 6.07) is 3.96. The van der Waals surface area contributed by atoms with E-state index in [4.69, 9.17) is 4.52 Å². The van der Waals surface area contributed by atoms with E-state index in [0.717, 1.165) is 34.5 Å². The van der Waals surface area contributed by atoms with Crippen LogP contribution in [-0.4, -0.2) is 31.1 Å². The zero-order valence-corrected chi connectivity index (χ0v) is 12.5. The Morgan fingerprint density at radius 2 is 2.35 bits per heavy atom. The number of rotatable bonds is 6. The zero-order valence-electron chi connectivity index (χ0n) is 10.9. The molecule has 6 nitrogen and oxygen atoms in total. The lowest BCUT2D eigenvalue weighted by atomic mass is 10.3. The second kappa shape index (κ2) is 6.19. The molecule has 0 aliphatic carbocycles. The van der Waals surface area contributed by atoms with Gasteiger partial charge in [0.05, 0.1) is 4.88 Å². The Morgan fingerprint density at radius 1 is 1.40 bits per heavy atom. The van der Waals surface area contributed by atoms with Crippen LogP contribution >= 0.6 is 23.1 Å². The number of hydrogen-bond acceptors (Lipinski definition) is 7. The number of aryl methyl sites for hydroxylation is 2. The van der Waals surface area contributed by atoms with Gasteiger partial charge < -0.3 is 4.52 Å². The van der Waals surface area contributed by atoms with Gasteiger partial charge in [-0.15, -0.1) is 16.4 Å². The Bertz CT molecular complexity index is 661. The van der Waals surface area contributed by atoms with Crippen molar-refractivity contribution in [1.29, 1.82) is 0 Å². The van der Waals surface area contributed by atoms with Crippen molar-refractivity contribution in [3.8, 4) is 10.7 Å². The van der Waals surface area contributed by atoms with Gasteiger partial charge in [-0.25, -0.2) is 4.98 Å². The number of nitrogens with zero attached hydrogens (tertiary/aromatic N) is 4. The van der Waals surface area contributed by atoms with E-state index in [2.05, 4.69) is 25.3 Å². The van der Waals surface area contributed by atoms with Crippen molar-refractivity contribution in [2.75, 3.05) is 5.75 Å². The summed E-state index contributed by atoms with van der Waals surface area (Å²) in [7, 11) is 0. The molecule has 0 aromatic carbocycles. The molecule has 0 spiro atoms. The molecule has 0 atom stereocenters. The first kappa shape index (κ1) is 13.3. The van der Waals surface area contributed by atoms with Crippen LogP contribution in [0.2, 0.25) is 0 Å². The van der Waals surface area contributed by atoms with E-state index in [-0.39, 0.29) is 0 Å². The average molecular weight is 307 g/mol. The Morgan fingerprint density at radius 3 is 3.10 bits per heavy atom. The van der Waals surface area contributed by atoms with Crippen molar-refractivity contribution >= 4 is 23.1 Å². The quantitative estimate of drug-likeness (QED) is 0.557. The molecule has 3 rings (SSSR count). The Kier molecular flexibility index (Phi) is 4.12. The largest absolute Gasteiger partial charge is 0.339 e. The predicted molar refractivity (Wildman–Crippen MR) is 77.8 cm³/mol. The van der Waals surface area contributed by atoms with Crippen LogP contribution in [0.25, 0.3) is 10.7 Å². The van der Waals surface area contributed by atoms with Crippen LogP contribution in [0.3, 0.4) is 0 Å². The monoisotopic (exact) mass is 307 g/mol. The third-order valence-electron chi connectivity index (χ3n) is 2.55. The molecule has 8 heteroatoms. The minimum Gasteiger partial charge on any atom is -0.339 e. The van der Waals surface area contributed by atoms with E-state index in [1.54, 1.807) is 23.1 Å². The van der Waals surface area contributed by atoms with Gasteiger partial charge in [0.25, 0.3) is 0 Å². The van der Waals surface area contributed by atoms with Crippen LogP contribution in [0.1, 0.15) is 18.1 Å². The fourth-order valence-corrected chi connectivity index (χ4v) is 3.07. The summed E-state index contributed by atoms with van der Waals surface area (Å²) in [5, 5.41) is 13.7. The number of thioether (sulfide) groups is 1. The highest BCUT2D eigenvalue weighted by molar-refractivity contribution is 7.99. The Balaban J connectivity index is 1.47. The van der Waals surface area contributed by atoms with Crippen molar-refractivity contribution in [3.63, 3.8) is 0 Å². The first-order chi connectivity index (χ1) is 9.81. The molecule has 0 unspecified atom stereocenters. The fraction of sp³-hybridized carbons (Fsp3) is 0.333. The topological polar surface area (TPSA) is 80.5 Å². The molecule has 1 N–H and O–H groups in total. The fourth-order valence-electron chi connectivity index (χ4n) is 1.64. The van der Waals surface area contributed by atoms with Crippen LogP contribution in [-0.2, 0) is 6.42 Å². The lowest BCUT2D eigenvalue weighted by molar-refractivity contribution is 0.378. The molecule has 0 aliphatic heterocycles. The molecule has 0 fully saturated rings. The lowest BCUT2D eigenvalue weighted by Gasteiger charge is -1.94. The maximum absolute atomic E-state index is 5.24. The van der Waals surface area contributed by atoms with Crippen LogP contribution < -0.4 is 0 Å². The first-order valence-electron chi connectivity index (χ1n) is 6.19. The number of nitrogens with one attached hydrogen (secondary N) is 1. The molecule has 104 valence electrons. The minimum atomic E-state index is 0.673. The zero-order chi connectivity index (χ0) is 13.8. The third kappa shape index (κ3) is 3.26. The van der Waals surface area contributed by atoms with E-state index in [1.165, 1.54) is 0 Å². The van der Waals surface area contributed by atoms with E-state index < -0.39 is 0 Å². The highest BCUT2D eigenvalue weighted by atomic mass is 32.2. The molecule has 20 heavy (non-hydrogen) atoms. The van der Waals surface area contributed by atoms with Gasteiger partial charge in [-0.3, -0.25) is 5.10 Å². The Hall–Kier alpha value is -1.67. The van der Waals surface area contributed by atoms with Gasteiger partial charge in [-0.2, -0.15) is 4.98 Å². The van der Waals surface area contributed by atoms with Gasteiger partial charge in [0.15, 0.2) is 0 Å². The molecule has 3 aromatic heterocycles. The number of hydrogen-bond donors (Lipinski definition) is 1. The van der Waals surface area contributed by atoms with Crippen molar-refractivity contribution in [1.82, 2.24) is 25.3 Å². The van der Waals surface area contributed by atoms with Gasteiger partial charge in [0, 0.05) is 12.2 Å². The summed E-state index contributed by atoms with van der Waals surface area (Å²) < 4.78 is 5.24. The van der Waals surface area contributed by atoms with Crippen LogP contribution in [0.5, 0.6) is 0 Å². The highest BCUT2D eigenvalue weighted by Gasteiger charge is 2.09. The van der Waals surface area contributed by atoms with Crippen LogP contribution in [0.15, 0.2) is 27.2 Å². The second-order valence-corrected chi connectivity index (χ2v) is 6.15. The second-order valence-electron chi connectivity index (χ2n) is 4.14. The standard InChI is InChI=1S/C12H13N5OS2/c1-8-13-12(16-15-8)20-7-3-5-10-14-11(17-18-10)9-4-2-6-19-9/h2,4,6H,3,5,7H2,1H3,(H,13,15,16). The van der Waals surface area contributed by atoms with E-state index >= 15 is 0 Å². The third-order valence-corrected chi connectivity index (χ3v) is 4.35. The summed E-state index contributed by atoms with van der Waals surface area (Å²) in [5.41, 5.74) is 0. The predicted octanol–water partition coefficient (Wildman–Crippen LogP) is 2.95. The normalized spacial score (nSPS) is 11.1. The summed E-state index contributed by atoms with van der Waals surface area (Å²) in [6.07, 6.45) is 1.72. The van der Waals surface area contributed by atoms with E-state index in [1.807, 2.05) is 24.4 Å². The lowest BCUT2D eigenvalue weighted by Crippen LogP contribution is -1.89. The number of aromatic nitrogens is 5. The summed E-state index contributed by atoms with van der Waals surface area (Å²) in [4.78, 5) is 9.66. The van der Waals surface area contributed by atoms with Gasteiger partial charge in [-0.05, 0) is 24.8 Å². The van der Waals surface area contributed by atoms with Gasteiger partial charge in [-0.1, -0.05) is 23.0 Å². The van der Waals surface area contributed by atoms with Gasteiger partial charge >= 0.3 is 0 Å². The van der Waals surface area contributed by atoms with Crippen LogP contribution in [0.4, 0.5) is 0 Å².